The zero-order valence-corrected chi connectivity index (χ0v) is 19.0. The van der Waals surface area contributed by atoms with Crippen LogP contribution in [0.2, 0.25) is 0 Å². The molecule has 33 heavy (non-hydrogen) atoms. The molecule has 1 heterocycles. The van der Waals surface area contributed by atoms with Crippen molar-refractivity contribution in [2.45, 2.75) is 58.5 Å². The minimum atomic E-state index is -2.90. The molecule has 1 aliphatic carbocycles. The Balaban J connectivity index is 1.63. The third-order valence-electron chi connectivity index (χ3n) is 6.30. The number of alkyl halides is 2. The summed E-state index contributed by atoms with van der Waals surface area (Å²) >= 11 is 0. The number of nitrogens with zero attached hydrogens (tertiary/aromatic N) is 2. The Bertz CT molecular complexity index is 1090. The number of nitrogens with one attached hydrogen (secondary N) is 2. The van der Waals surface area contributed by atoms with Crippen LogP contribution in [0.15, 0.2) is 36.4 Å². The third-order valence-corrected chi connectivity index (χ3v) is 6.30. The van der Waals surface area contributed by atoms with Gasteiger partial charge in [-0.1, -0.05) is 19.3 Å². The molecule has 1 saturated carbocycles. The molecule has 2 N–H and O–H groups in total. The van der Waals surface area contributed by atoms with Crippen molar-refractivity contribution in [1.82, 2.24) is 9.97 Å². The van der Waals surface area contributed by atoms with E-state index < -0.39 is 6.61 Å². The molecule has 1 aliphatic rings. The summed E-state index contributed by atoms with van der Waals surface area (Å²) in [6.07, 6.45) is 6.05. The molecule has 0 bridgehead atoms. The van der Waals surface area contributed by atoms with Crippen molar-refractivity contribution in [2.75, 3.05) is 23.3 Å². The maximum atomic E-state index is 12.9. The van der Waals surface area contributed by atoms with Crippen LogP contribution in [0.5, 0.6) is 5.75 Å². The molecule has 1 amide bonds. The largest absolute Gasteiger partial charge is 0.435 e. The fourth-order valence-electron chi connectivity index (χ4n) is 4.54. The van der Waals surface area contributed by atoms with Gasteiger partial charge < -0.3 is 19.9 Å². The van der Waals surface area contributed by atoms with E-state index in [0.717, 1.165) is 48.5 Å². The van der Waals surface area contributed by atoms with Gasteiger partial charge in [0.05, 0.1) is 22.4 Å². The summed E-state index contributed by atoms with van der Waals surface area (Å²) < 4.78 is 29.1. The standard InChI is InChI=1S/C25H30F2N4O2/c1-3-31(4-2)22-15-20-19(28-23(29-20)16-8-6-5-7-9-16)14-21(22)30-24(32)17-10-12-18(13-11-17)33-25(26)27/h10-16,25H,3-9H2,1-2H3,(H,28,29)(H,30,32). The number of carbonyl (C=O) groups is 1. The predicted octanol–water partition coefficient (Wildman–Crippen LogP) is 6.31. The lowest BCUT2D eigenvalue weighted by Crippen LogP contribution is -2.24. The number of hydrogen-bond acceptors (Lipinski definition) is 4. The van der Waals surface area contributed by atoms with Crippen LogP contribution in [-0.4, -0.2) is 35.6 Å². The summed E-state index contributed by atoms with van der Waals surface area (Å²) in [5.41, 5.74) is 3.73. The number of imidazole rings is 1. The van der Waals surface area contributed by atoms with E-state index in [9.17, 15) is 13.6 Å². The first-order chi connectivity index (χ1) is 16.0. The Labute approximate surface area is 192 Å². The summed E-state index contributed by atoms with van der Waals surface area (Å²) in [7, 11) is 0. The highest BCUT2D eigenvalue weighted by atomic mass is 19.3. The smallest absolute Gasteiger partial charge is 0.387 e. The van der Waals surface area contributed by atoms with E-state index >= 15 is 0 Å². The van der Waals surface area contributed by atoms with E-state index in [1.54, 1.807) is 0 Å². The number of benzene rings is 2. The number of ether oxygens (including phenoxy) is 1. The van der Waals surface area contributed by atoms with E-state index in [-0.39, 0.29) is 11.7 Å². The van der Waals surface area contributed by atoms with Crippen LogP contribution in [0, 0.1) is 0 Å². The van der Waals surface area contributed by atoms with E-state index in [1.165, 1.54) is 43.5 Å². The molecular weight excluding hydrogens is 426 g/mol. The van der Waals surface area contributed by atoms with Crippen molar-refractivity contribution in [2.24, 2.45) is 0 Å². The molecule has 0 aliphatic heterocycles. The lowest BCUT2D eigenvalue weighted by atomic mass is 9.89. The Hall–Kier alpha value is -3.16. The molecule has 1 fully saturated rings. The van der Waals surface area contributed by atoms with Crippen LogP contribution in [-0.2, 0) is 0 Å². The number of fused-ring (bicyclic) bond motifs is 1. The lowest BCUT2D eigenvalue weighted by molar-refractivity contribution is -0.0498. The van der Waals surface area contributed by atoms with Crippen molar-refractivity contribution in [3.8, 4) is 5.75 Å². The number of H-pyrrole nitrogens is 1. The van der Waals surface area contributed by atoms with Gasteiger partial charge in [0.15, 0.2) is 0 Å². The van der Waals surface area contributed by atoms with Gasteiger partial charge in [-0.25, -0.2) is 4.98 Å². The van der Waals surface area contributed by atoms with Gasteiger partial charge in [-0.05, 0) is 63.1 Å². The van der Waals surface area contributed by atoms with Gasteiger partial charge in [-0.3, -0.25) is 4.79 Å². The average Bonchev–Trinajstić information content (AvgIpc) is 3.23. The minimum absolute atomic E-state index is 0.0134. The van der Waals surface area contributed by atoms with Crippen LogP contribution < -0.4 is 15.0 Å². The number of carbonyl (C=O) groups excluding carboxylic acids is 1. The zero-order valence-electron chi connectivity index (χ0n) is 19.0. The fraction of sp³-hybridized carbons (Fsp3) is 0.440. The Morgan fingerprint density at radius 1 is 1.15 bits per heavy atom. The molecule has 0 saturated heterocycles. The molecule has 2 aromatic carbocycles. The second-order valence-corrected chi connectivity index (χ2v) is 8.37. The van der Waals surface area contributed by atoms with Gasteiger partial charge in [0, 0.05) is 24.6 Å². The predicted molar refractivity (Wildman–Crippen MR) is 127 cm³/mol. The number of halogens is 2. The molecule has 0 radical (unpaired) electrons. The number of aromatic nitrogens is 2. The fourth-order valence-corrected chi connectivity index (χ4v) is 4.54. The molecule has 3 aromatic rings. The molecular formula is C25H30F2N4O2. The van der Waals surface area contributed by atoms with E-state index in [2.05, 4.69) is 33.8 Å². The number of aromatic amines is 1. The van der Waals surface area contributed by atoms with Gasteiger partial charge in [0.1, 0.15) is 11.6 Å². The Morgan fingerprint density at radius 3 is 2.48 bits per heavy atom. The molecule has 1 aromatic heterocycles. The monoisotopic (exact) mass is 456 g/mol. The second-order valence-electron chi connectivity index (χ2n) is 8.37. The van der Waals surface area contributed by atoms with Crippen LogP contribution in [0.25, 0.3) is 11.0 Å². The van der Waals surface area contributed by atoms with Crippen molar-refractivity contribution in [3.63, 3.8) is 0 Å². The normalized spacial score (nSPS) is 14.6. The summed E-state index contributed by atoms with van der Waals surface area (Å²) in [4.78, 5) is 23.5. The van der Waals surface area contributed by atoms with E-state index in [1.807, 2.05) is 12.1 Å². The maximum absolute atomic E-state index is 12.9. The lowest BCUT2D eigenvalue weighted by Gasteiger charge is -2.24. The van der Waals surface area contributed by atoms with Gasteiger partial charge in [-0.2, -0.15) is 8.78 Å². The minimum Gasteiger partial charge on any atom is -0.435 e. The first-order valence-electron chi connectivity index (χ1n) is 11.6. The Kier molecular flexibility index (Phi) is 7.11. The van der Waals surface area contributed by atoms with Gasteiger partial charge in [0.2, 0.25) is 0 Å². The first kappa shape index (κ1) is 23.0. The van der Waals surface area contributed by atoms with Gasteiger partial charge in [-0.15, -0.1) is 0 Å². The van der Waals surface area contributed by atoms with E-state index in [4.69, 9.17) is 4.98 Å². The maximum Gasteiger partial charge on any atom is 0.387 e. The molecule has 4 rings (SSSR count). The number of rotatable bonds is 8. The third kappa shape index (κ3) is 5.26. The number of anilines is 2. The second kappa shape index (κ2) is 10.2. The summed E-state index contributed by atoms with van der Waals surface area (Å²) in [5, 5.41) is 3.00. The van der Waals surface area contributed by atoms with Crippen molar-refractivity contribution >= 4 is 28.3 Å². The van der Waals surface area contributed by atoms with Crippen molar-refractivity contribution < 1.29 is 18.3 Å². The van der Waals surface area contributed by atoms with Crippen LogP contribution >= 0.6 is 0 Å². The summed E-state index contributed by atoms with van der Waals surface area (Å²) in [5.74, 6) is 1.17. The van der Waals surface area contributed by atoms with Crippen molar-refractivity contribution in [3.05, 3.63) is 47.8 Å². The van der Waals surface area contributed by atoms with Gasteiger partial charge in [0.25, 0.3) is 5.91 Å². The topological polar surface area (TPSA) is 70.2 Å². The molecule has 0 atom stereocenters. The zero-order chi connectivity index (χ0) is 23.4. The molecule has 0 unspecified atom stereocenters. The molecule has 6 nitrogen and oxygen atoms in total. The SMILES string of the molecule is CCN(CC)c1cc2nc(C3CCCCC3)[nH]c2cc1NC(=O)c1ccc(OC(F)F)cc1. The highest BCUT2D eigenvalue weighted by molar-refractivity contribution is 6.07. The molecule has 176 valence electrons. The first-order valence-corrected chi connectivity index (χ1v) is 11.6. The Morgan fingerprint density at radius 2 is 1.85 bits per heavy atom. The van der Waals surface area contributed by atoms with Gasteiger partial charge >= 0.3 is 6.61 Å². The summed E-state index contributed by atoms with van der Waals surface area (Å²) in [6.45, 7) is 2.80. The average molecular weight is 457 g/mol. The van der Waals surface area contributed by atoms with Crippen molar-refractivity contribution in [1.29, 1.82) is 0 Å². The highest BCUT2D eigenvalue weighted by Crippen LogP contribution is 2.35. The van der Waals surface area contributed by atoms with Crippen LogP contribution in [0.4, 0.5) is 20.2 Å². The highest BCUT2D eigenvalue weighted by Gasteiger charge is 2.21. The number of hydrogen-bond donors (Lipinski definition) is 2. The number of amides is 1. The molecule has 0 spiro atoms. The summed E-state index contributed by atoms with van der Waals surface area (Å²) in [6, 6.07) is 9.64. The van der Waals surface area contributed by atoms with Crippen LogP contribution in [0.1, 0.15) is 68.1 Å². The van der Waals surface area contributed by atoms with E-state index in [0.29, 0.717) is 17.2 Å². The van der Waals surface area contributed by atoms with Crippen LogP contribution in [0.3, 0.4) is 0 Å². The molecule has 8 heteroatoms. The quantitative estimate of drug-likeness (QED) is 0.417.